The maximum absolute atomic E-state index is 11.5. The van der Waals surface area contributed by atoms with Crippen molar-refractivity contribution in [3.8, 4) is 5.75 Å². The van der Waals surface area contributed by atoms with Crippen molar-refractivity contribution in [3.63, 3.8) is 0 Å². The molecule has 1 unspecified atom stereocenters. The second-order valence-corrected chi connectivity index (χ2v) is 3.88. The molecule has 4 nitrogen and oxygen atoms in total. The van der Waals surface area contributed by atoms with Crippen LogP contribution in [0, 0.1) is 0 Å². The van der Waals surface area contributed by atoms with Gasteiger partial charge in [0.25, 0.3) is 0 Å². The molecular formula is C11H14Cl2N2O2. The monoisotopic (exact) mass is 276 g/mol. The molecule has 0 spiro atoms. The highest BCUT2D eigenvalue weighted by Gasteiger charge is 2.11. The summed E-state index contributed by atoms with van der Waals surface area (Å²) >= 11 is 11.2. The average Bonchev–Trinajstić information content (AvgIpc) is 2.35. The number of alkyl halides is 2. The minimum absolute atomic E-state index is 0.237. The second-order valence-electron chi connectivity index (χ2n) is 3.20. The first kappa shape index (κ1) is 14.1. The first-order valence-electron chi connectivity index (χ1n) is 5.15. The Labute approximate surface area is 110 Å². The topological polar surface area (TPSA) is 50.4 Å². The quantitative estimate of drug-likeness (QED) is 0.619. The van der Waals surface area contributed by atoms with E-state index in [1.165, 1.54) is 0 Å². The van der Waals surface area contributed by atoms with Gasteiger partial charge in [-0.05, 0) is 12.1 Å². The minimum atomic E-state index is -0.552. The van der Waals surface area contributed by atoms with Crippen LogP contribution in [0.5, 0.6) is 5.75 Å². The number of hydrogen-bond donors (Lipinski definition) is 2. The van der Waals surface area contributed by atoms with E-state index >= 15 is 0 Å². The molecule has 1 aromatic rings. The summed E-state index contributed by atoms with van der Waals surface area (Å²) in [6, 6.07) is 8.80. The number of rotatable bonds is 6. The minimum Gasteiger partial charge on any atom is -0.410 e. The fourth-order valence-electron chi connectivity index (χ4n) is 1.14. The van der Waals surface area contributed by atoms with Crippen molar-refractivity contribution in [3.05, 3.63) is 30.3 Å². The molecule has 1 rings (SSSR count). The molecule has 1 atom stereocenters. The first-order valence-corrected chi connectivity index (χ1v) is 6.22. The van der Waals surface area contributed by atoms with Crippen molar-refractivity contribution in [1.82, 2.24) is 10.6 Å². The number of benzene rings is 1. The number of nitrogens with one attached hydrogen (secondary N) is 2. The van der Waals surface area contributed by atoms with Crippen molar-refractivity contribution in [2.75, 3.05) is 18.3 Å². The molecular weight excluding hydrogens is 263 g/mol. The normalized spacial score (nSPS) is 11.9. The van der Waals surface area contributed by atoms with E-state index in [1.807, 2.05) is 6.07 Å². The zero-order valence-electron chi connectivity index (χ0n) is 9.16. The van der Waals surface area contributed by atoms with E-state index in [1.54, 1.807) is 24.3 Å². The Balaban J connectivity index is 2.37. The standard InChI is InChI=1S/C11H14Cl2N2O2/c12-6-7-14-10(8-13)15-11(16)17-9-4-2-1-3-5-9/h1-5,10,14H,6-8H2,(H,15,16). The van der Waals surface area contributed by atoms with Gasteiger partial charge >= 0.3 is 6.09 Å². The molecule has 0 aliphatic heterocycles. The maximum Gasteiger partial charge on any atom is 0.413 e. The molecule has 94 valence electrons. The lowest BCUT2D eigenvalue weighted by molar-refractivity contribution is 0.195. The number of ether oxygens (including phenoxy) is 1. The Hall–Kier alpha value is -0.970. The van der Waals surface area contributed by atoms with Gasteiger partial charge in [0.15, 0.2) is 0 Å². The van der Waals surface area contributed by atoms with Crippen molar-refractivity contribution in [2.24, 2.45) is 0 Å². The van der Waals surface area contributed by atoms with Crippen LogP contribution < -0.4 is 15.4 Å². The third-order valence-corrected chi connectivity index (χ3v) is 2.38. The molecule has 2 N–H and O–H groups in total. The van der Waals surface area contributed by atoms with E-state index in [9.17, 15) is 4.79 Å². The average molecular weight is 277 g/mol. The van der Waals surface area contributed by atoms with Gasteiger partial charge in [-0.2, -0.15) is 0 Å². The van der Waals surface area contributed by atoms with Crippen LogP contribution in [0.2, 0.25) is 0 Å². The molecule has 17 heavy (non-hydrogen) atoms. The summed E-state index contributed by atoms with van der Waals surface area (Å²) in [5, 5.41) is 5.55. The lowest BCUT2D eigenvalue weighted by Crippen LogP contribution is -2.48. The summed E-state index contributed by atoms with van der Waals surface area (Å²) in [4.78, 5) is 11.5. The van der Waals surface area contributed by atoms with Gasteiger partial charge in [0.1, 0.15) is 5.75 Å². The second kappa shape index (κ2) is 8.17. The van der Waals surface area contributed by atoms with E-state index in [0.717, 1.165) is 0 Å². The SMILES string of the molecule is O=C(NC(CCl)NCCCl)Oc1ccccc1. The van der Waals surface area contributed by atoms with Gasteiger partial charge in [-0.3, -0.25) is 5.32 Å². The number of amides is 1. The molecule has 0 aromatic heterocycles. The van der Waals surface area contributed by atoms with Crippen molar-refractivity contribution < 1.29 is 9.53 Å². The van der Waals surface area contributed by atoms with Crippen molar-refractivity contribution in [1.29, 1.82) is 0 Å². The fraction of sp³-hybridized carbons (Fsp3) is 0.364. The fourth-order valence-corrected chi connectivity index (χ4v) is 1.44. The summed E-state index contributed by atoms with van der Waals surface area (Å²) in [5.41, 5.74) is 0. The zero-order valence-corrected chi connectivity index (χ0v) is 10.7. The van der Waals surface area contributed by atoms with Crippen molar-refractivity contribution in [2.45, 2.75) is 6.17 Å². The van der Waals surface area contributed by atoms with Crippen LogP contribution in [-0.2, 0) is 0 Å². The third kappa shape index (κ3) is 5.77. The molecule has 0 radical (unpaired) electrons. The first-order chi connectivity index (χ1) is 8.26. The largest absolute Gasteiger partial charge is 0.413 e. The van der Waals surface area contributed by atoms with Crippen molar-refractivity contribution >= 4 is 29.3 Å². The lowest BCUT2D eigenvalue weighted by Gasteiger charge is -2.16. The zero-order chi connectivity index (χ0) is 12.5. The van der Waals surface area contributed by atoms with Gasteiger partial charge in [-0.1, -0.05) is 18.2 Å². The van der Waals surface area contributed by atoms with E-state index in [0.29, 0.717) is 18.2 Å². The molecule has 1 aromatic carbocycles. The van der Waals surface area contributed by atoms with E-state index in [2.05, 4.69) is 10.6 Å². The summed E-state index contributed by atoms with van der Waals surface area (Å²) in [7, 11) is 0. The van der Waals surface area contributed by atoms with Gasteiger partial charge in [-0.25, -0.2) is 4.79 Å². The Morgan fingerprint density at radius 3 is 2.59 bits per heavy atom. The molecule has 0 saturated carbocycles. The molecule has 0 heterocycles. The molecule has 0 bridgehead atoms. The van der Waals surface area contributed by atoms with Gasteiger partial charge in [0.05, 0.1) is 12.0 Å². The molecule has 0 fully saturated rings. The maximum atomic E-state index is 11.5. The Morgan fingerprint density at radius 2 is 2.00 bits per heavy atom. The number of para-hydroxylation sites is 1. The van der Waals surface area contributed by atoms with Gasteiger partial charge < -0.3 is 10.1 Å². The number of hydrogen-bond acceptors (Lipinski definition) is 3. The van der Waals surface area contributed by atoms with E-state index < -0.39 is 6.09 Å². The van der Waals surface area contributed by atoms with Crippen LogP contribution >= 0.6 is 23.2 Å². The van der Waals surface area contributed by atoms with Crippen LogP contribution in [-0.4, -0.2) is 30.6 Å². The highest BCUT2D eigenvalue weighted by molar-refractivity contribution is 6.18. The van der Waals surface area contributed by atoms with E-state index in [-0.39, 0.29) is 12.0 Å². The summed E-state index contributed by atoms with van der Waals surface area (Å²) in [6.07, 6.45) is -0.907. The summed E-state index contributed by atoms with van der Waals surface area (Å²) < 4.78 is 5.04. The molecule has 1 amide bonds. The van der Waals surface area contributed by atoms with Gasteiger partial charge in [0, 0.05) is 12.4 Å². The summed E-state index contributed by atoms with van der Waals surface area (Å²) in [5.74, 6) is 1.17. The predicted molar refractivity (Wildman–Crippen MR) is 68.8 cm³/mol. The highest BCUT2D eigenvalue weighted by atomic mass is 35.5. The predicted octanol–water partition coefficient (Wildman–Crippen LogP) is 2.17. The highest BCUT2D eigenvalue weighted by Crippen LogP contribution is 2.08. The number of halogens is 2. The van der Waals surface area contributed by atoms with Crippen LogP contribution in [0.25, 0.3) is 0 Å². The van der Waals surface area contributed by atoms with Crippen LogP contribution in [0.15, 0.2) is 30.3 Å². The smallest absolute Gasteiger partial charge is 0.410 e. The molecule has 0 aliphatic carbocycles. The Morgan fingerprint density at radius 1 is 1.29 bits per heavy atom. The van der Waals surface area contributed by atoms with E-state index in [4.69, 9.17) is 27.9 Å². The molecule has 0 aliphatic rings. The molecule has 6 heteroatoms. The van der Waals surface area contributed by atoms with Crippen LogP contribution in [0.4, 0.5) is 4.79 Å². The van der Waals surface area contributed by atoms with Crippen LogP contribution in [0.1, 0.15) is 0 Å². The molecule has 0 saturated heterocycles. The van der Waals surface area contributed by atoms with Gasteiger partial charge in [-0.15, -0.1) is 23.2 Å². The lowest BCUT2D eigenvalue weighted by atomic mass is 10.3. The number of carbonyl (C=O) groups is 1. The summed E-state index contributed by atoms with van der Waals surface area (Å²) in [6.45, 7) is 0.560. The number of carbonyl (C=O) groups excluding carboxylic acids is 1. The third-order valence-electron chi connectivity index (χ3n) is 1.89. The van der Waals surface area contributed by atoms with Gasteiger partial charge in [0.2, 0.25) is 0 Å². The Bertz CT molecular complexity index is 336. The van der Waals surface area contributed by atoms with Crippen LogP contribution in [0.3, 0.4) is 0 Å². The Kier molecular flexibility index (Phi) is 6.77.